The first-order chi connectivity index (χ1) is 7.16. The molecule has 0 aliphatic heterocycles. The van der Waals surface area contributed by atoms with Crippen LogP contribution in [0, 0.1) is 0 Å². The van der Waals surface area contributed by atoms with Gasteiger partial charge < -0.3 is 11.1 Å². The number of aromatic nitrogens is 2. The molecule has 76 valence electrons. The SMILES string of the molecule is NC(=S)Nc1nc2ccccc2c(=O)[nH]1. The molecule has 0 bridgehead atoms. The van der Waals surface area contributed by atoms with E-state index in [4.69, 9.17) is 5.73 Å². The Morgan fingerprint density at radius 1 is 1.47 bits per heavy atom. The molecule has 15 heavy (non-hydrogen) atoms. The van der Waals surface area contributed by atoms with E-state index in [2.05, 4.69) is 27.5 Å². The number of hydrogen-bond acceptors (Lipinski definition) is 3. The average Bonchev–Trinajstić information content (AvgIpc) is 2.16. The van der Waals surface area contributed by atoms with Gasteiger partial charge >= 0.3 is 0 Å². The van der Waals surface area contributed by atoms with Gasteiger partial charge in [-0.3, -0.25) is 9.78 Å². The van der Waals surface area contributed by atoms with Crippen LogP contribution in [-0.4, -0.2) is 15.1 Å². The molecule has 0 saturated heterocycles. The van der Waals surface area contributed by atoms with E-state index in [1.54, 1.807) is 24.3 Å². The summed E-state index contributed by atoms with van der Waals surface area (Å²) in [6.45, 7) is 0. The second-order valence-corrected chi connectivity index (χ2v) is 3.36. The molecule has 6 heteroatoms. The number of aromatic amines is 1. The zero-order chi connectivity index (χ0) is 10.8. The summed E-state index contributed by atoms with van der Waals surface area (Å²) in [5, 5.41) is 3.18. The molecule has 0 aliphatic rings. The van der Waals surface area contributed by atoms with Crippen molar-refractivity contribution in [1.29, 1.82) is 0 Å². The first-order valence-corrected chi connectivity index (χ1v) is 4.63. The number of fused-ring (bicyclic) bond motifs is 1. The van der Waals surface area contributed by atoms with Crippen LogP contribution in [0.3, 0.4) is 0 Å². The van der Waals surface area contributed by atoms with Crippen molar-refractivity contribution in [2.45, 2.75) is 0 Å². The molecule has 0 radical (unpaired) electrons. The molecule has 2 aromatic rings. The number of thiocarbonyl (C=S) groups is 1. The van der Waals surface area contributed by atoms with Gasteiger partial charge in [-0.25, -0.2) is 4.98 Å². The summed E-state index contributed by atoms with van der Waals surface area (Å²) in [6.07, 6.45) is 0. The van der Waals surface area contributed by atoms with Crippen LogP contribution >= 0.6 is 12.2 Å². The fourth-order valence-corrected chi connectivity index (χ4v) is 1.36. The summed E-state index contributed by atoms with van der Waals surface area (Å²) in [7, 11) is 0. The normalized spacial score (nSPS) is 10.1. The third-order valence-corrected chi connectivity index (χ3v) is 1.96. The Morgan fingerprint density at radius 2 is 2.20 bits per heavy atom. The number of nitrogens with two attached hydrogens (primary N) is 1. The molecule has 0 fully saturated rings. The van der Waals surface area contributed by atoms with Crippen LogP contribution in [0.25, 0.3) is 10.9 Å². The summed E-state index contributed by atoms with van der Waals surface area (Å²) in [4.78, 5) is 18.2. The summed E-state index contributed by atoms with van der Waals surface area (Å²) >= 11 is 4.65. The minimum absolute atomic E-state index is 0.0634. The zero-order valence-corrected chi connectivity index (χ0v) is 8.47. The highest BCUT2D eigenvalue weighted by molar-refractivity contribution is 7.80. The lowest BCUT2D eigenvalue weighted by Crippen LogP contribution is -2.22. The number of hydrogen-bond donors (Lipinski definition) is 3. The molecule has 1 heterocycles. The minimum Gasteiger partial charge on any atom is -0.376 e. The Morgan fingerprint density at radius 3 is 2.93 bits per heavy atom. The molecule has 4 N–H and O–H groups in total. The van der Waals surface area contributed by atoms with Gasteiger partial charge in [0, 0.05) is 0 Å². The molecular weight excluding hydrogens is 212 g/mol. The molecule has 0 spiro atoms. The standard InChI is InChI=1S/C9H8N4OS/c10-8(15)13-9-11-6-4-2-1-3-5(6)7(14)12-9/h1-4H,(H4,10,11,12,13,14,15). The van der Waals surface area contributed by atoms with Crippen molar-refractivity contribution >= 4 is 34.2 Å². The summed E-state index contributed by atoms with van der Waals surface area (Å²) in [5.74, 6) is 0.256. The number of H-pyrrole nitrogens is 1. The van der Waals surface area contributed by atoms with Crippen molar-refractivity contribution in [2.24, 2.45) is 5.73 Å². The molecule has 0 unspecified atom stereocenters. The molecule has 0 atom stereocenters. The van der Waals surface area contributed by atoms with E-state index >= 15 is 0 Å². The van der Waals surface area contributed by atoms with Crippen LogP contribution in [0.5, 0.6) is 0 Å². The molecule has 0 saturated carbocycles. The van der Waals surface area contributed by atoms with Gasteiger partial charge in [0.05, 0.1) is 10.9 Å². The maximum absolute atomic E-state index is 11.6. The molecule has 2 rings (SSSR count). The third-order valence-electron chi connectivity index (χ3n) is 1.85. The fraction of sp³-hybridized carbons (Fsp3) is 0. The maximum Gasteiger partial charge on any atom is 0.260 e. The monoisotopic (exact) mass is 220 g/mol. The highest BCUT2D eigenvalue weighted by Gasteiger charge is 2.02. The van der Waals surface area contributed by atoms with E-state index < -0.39 is 0 Å². The quantitative estimate of drug-likeness (QED) is 0.612. The van der Waals surface area contributed by atoms with Crippen molar-refractivity contribution < 1.29 is 0 Å². The number of rotatable bonds is 1. The van der Waals surface area contributed by atoms with Crippen molar-refractivity contribution in [3.8, 4) is 0 Å². The number of benzene rings is 1. The van der Waals surface area contributed by atoms with Crippen molar-refractivity contribution in [2.75, 3.05) is 5.32 Å². The molecule has 5 nitrogen and oxygen atoms in total. The van der Waals surface area contributed by atoms with Gasteiger partial charge in [-0.2, -0.15) is 0 Å². The topological polar surface area (TPSA) is 83.8 Å². The van der Waals surface area contributed by atoms with Gasteiger partial charge in [0.1, 0.15) is 0 Å². The molecule has 0 aliphatic carbocycles. The van der Waals surface area contributed by atoms with E-state index in [1.807, 2.05) is 0 Å². The number of nitrogens with one attached hydrogen (secondary N) is 2. The summed E-state index contributed by atoms with van der Waals surface area (Å²) in [5.41, 5.74) is 5.65. The largest absolute Gasteiger partial charge is 0.376 e. The van der Waals surface area contributed by atoms with Gasteiger partial charge in [0.2, 0.25) is 5.95 Å². The number of nitrogens with zero attached hydrogens (tertiary/aromatic N) is 1. The highest BCUT2D eigenvalue weighted by Crippen LogP contribution is 2.07. The molecule has 1 aromatic carbocycles. The third kappa shape index (κ3) is 1.94. The maximum atomic E-state index is 11.6. The van der Waals surface area contributed by atoms with Gasteiger partial charge in [0.25, 0.3) is 5.56 Å². The van der Waals surface area contributed by atoms with Gasteiger partial charge in [0.15, 0.2) is 5.11 Å². The smallest absolute Gasteiger partial charge is 0.260 e. The van der Waals surface area contributed by atoms with E-state index in [9.17, 15) is 4.79 Å². The highest BCUT2D eigenvalue weighted by atomic mass is 32.1. The van der Waals surface area contributed by atoms with E-state index in [-0.39, 0.29) is 16.6 Å². The van der Waals surface area contributed by atoms with Gasteiger partial charge in [-0.15, -0.1) is 0 Å². The lowest BCUT2D eigenvalue weighted by Gasteiger charge is -2.03. The molecule has 1 aromatic heterocycles. The Balaban J connectivity index is 2.62. The van der Waals surface area contributed by atoms with Crippen molar-refractivity contribution in [3.63, 3.8) is 0 Å². The van der Waals surface area contributed by atoms with Gasteiger partial charge in [-0.05, 0) is 24.4 Å². The van der Waals surface area contributed by atoms with Crippen molar-refractivity contribution in [1.82, 2.24) is 9.97 Å². The second-order valence-electron chi connectivity index (χ2n) is 2.92. The molecule has 0 amide bonds. The first kappa shape index (κ1) is 9.60. The van der Waals surface area contributed by atoms with E-state index in [0.29, 0.717) is 10.9 Å². The zero-order valence-electron chi connectivity index (χ0n) is 7.65. The van der Waals surface area contributed by atoms with Crippen LogP contribution in [0.15, 0.2) is 29.1 Å². The molecular formula is C9H8N4OS. The van der Waals surface area contributed by atoms with E-state index in [0.717, 1.165) is 0 Å². The predicted molar refractivity (Wildman–Crippen MR) is 62.8 cm³/mol. The van der Waals surface area contributed by atoms with E-state index in [1.165, 1.54) is 0 Å². The first-order valence-electron chi connectivity index (χ1n) is 4.22. The predicted octanol–water partition coefficient (Wildman–Crippen LogP) is 0.579. The Hall–Kier alpha value is -1.95. The van der Waals surface area contributed by atoms with Crippen LogP contribution in [-0.2, 0) is 0 Å². The lowest BCUT2D eigenvalue weighted by atomic mass is 10.2. The summed E-state index contributed by atoms with van der Waals surface area (Å²) < 4.78 is 0. The minimum atomic E-state index is -0.223. The van der Waals surface area contributed by atoms with Gasteiger partial charge in [-0.1, -0.05) is 12.1 Å². The Bertz CT molecular complexity index is 578. The van der Waals surface area contributed by atoms with Crippen LogP contribution < -0.4 is 16.6 Å². The van der Waals surface area contributed by atoms with Crippen LogP contribution in [0.1, 0.15) is 0 Å². The average molecular weight is 220 g/mol. The fourth-order valence-electron chi connectivity index (χ4n) is 1.26. The number of anilines is 1. The Kier molecular flexibility index (Phi) is 2.34. The van der Waals surface area contributed by atoms with Crippen LogP contribution in [0.4, 0.5) is 5.95 Å². The second kappa shape index (κ2) is 3.66. The number of para-hydroxylation sites is 1. The van der Waals surface area contributed by atoms with Crippen LogP contribution in [0.2, 0.25) is 0 Å². The Labute approximate surface area is 90.3 Å². The lowest BCUT2D eigenvalue weighted by molar-refractivity contribution is 1.18. The summed E-state index contributed by atoms with van der Waals surface area (Å²) in [6, 6.07) is 7.03. The van der Waals surface area contributed by atoms with Crippen molar-refractivity contribution in [3.05, 3.63) is 34.6 Å².